The topological polar surface area (TPSA) is 131 Å². The number of carbonyl (C=O) groups is 1. The third-order valence-electron chi connectivity index (χ3n) is 3.76. The summed E-state index contributed by atoms with van der Waals surface area (Å²) in [4.78, 5) is 13.6. The quantitative estimate of drug-likeness (QED) is 0.704. The first-order valence-electron chi connectivity index (χ1n) is 7.42. The number of aromatic amines is 1. The summed E-state index contributed by atoms with van der Waals surface area (Å²) in [6.45, 7) is 1.73. The van der Waals surface area contributed by atoms with Crippen LogP contribution in [0.3, 0.4) is 0 Å². The Morgan fingerprint density at radius 3 is 2.83 bits per heavy atom. The van der Waals surface area contributed by atoms with Gasteiger partial charge in [-0.3, -0.25) is 0 Å². The molecule has 9 heteroatoms. The number of hydrogen-bond acceptors (Lipinski definition) is 7. The van der Waals surface area contributed by atoms with E-state index in [-0.39, 0.29) is 17.0 Å². The number of aromatic nitrogens is 4. The Morgan fingerprint density at radius 2 is 2.21 bits per heavy atom. The van der Waals surface area contributed by atoms with Gasteiger partial charge in [-0.15, -0.1) is 10.2 Å². The molecule has 1 aromatic heterocycles. The van der Waals surface area contributed by atoms with Crippen LogP contribution in [-0.4, -0.2) is 44.8 Å². The molecular formula is C15H15N7O2. The van der Waals surface area contributed by atoms with Gasteiger partial charge in [0.1, 0.15) is 11.6 Å². The number of anilines is 2. The molecule has 122 valence electrons. The van der Waals surface area contributed by atoms with Crippen molar-refractivity contribution >= 4 is 22.9 Å². The molecule has 0 radical (unpaired) electrons. The van der Waals surface area contributed by atoms with Crippen LogP contribution in [0, 0.1) is 11.3 Å². The molecule has 0 aliphatic carbocycles. The first-order chi connectivity index (χ1) is 11.7. The molecule has 2 heterocycles. The summed E-state index contributed by atoms with van der Waals surface area (Å²) < 4.78 is 0. The van der Waals surface area contributed by atoms with Crippen molar-refractivity contribution in [1.29, 1.82) is 5.26 Å². The van der Waals surface area contributed by atoms with Gasteiger partial charge in [0.25, 0.3) is 0 Å². The van der Waals surface area contributed by atoms with Crippen LogP contribution in [-0.2, 0) is 0 Å². The van der Waals surface area contributed by atoms with Gasteiger partial charge >= 0.3 is 5.97 Å². The van der Waals surface area contributed by atoms with Gasteiger partial charge in [0.2, 0.25) is 5.82 Å². The lowest BCUT2D eigenvalue weighted by Crippen LogP contribution is -2.20. The normalized spacial score (nSPS) is 14.5. The van der Waals surface area contributed by atoms with Gasteiger partial charge in [0, 0.05) is 25.0 Å². The number of carboxylic acids is 1. The number of tetrazole rings is 1. The third kappa shape index (κ3) is 3.17. The fraction of sp³-hybridized carbons (Fsp3) is 0.267. The molecule has 0 amide bonds. The predicted octanol–water partition coefficient (Wildman–Crippen LogP) is 1.47. The maximum Gasteiger partial charge on any atom is 0.337 e. The van der Waals surface area contributed by atoms with E-state index in [2.05, 4.69) is 30.8 Å². The predicted molar refractivity (Wildman–Crippen MR) is 86.2 cm³/mol. The molecule has 24 heavy (non-hydrogen) atoms. The monoisotopic (exact) mass is 325 g/mol. The minimum atomic E-state index is -0.983. The average molecular weight is 325 g/mol. The van der Waals surface area contributed by atoms with E-state index in [1.165, 1.54) is 6.20 Å². The Hall–Kier alpha value is -3.41. The number of allylic oxidation sites excluding steroid dienone is 1. The van der Waals surface area contributed by atoms with E-state index in [9.17, 15) is 9.90 Å². The largest absolute Gasteiger partial charge is 0.478 e. The van der Waals surface area contributed by atoms with Crippen LogP contribution in [0.15, 0.2) is 24.4 Å². The molecule has 1 aliphatic rings. The van der Waals surface area contributed by atoms with Gasteiger partial charge < -0.3 is 15.3 Å². The Kier molecular flexibility index (Phi) is 4.38. The lowest BCUT2D eigenvalue weighted by Gasteiger charge is -2.20. The van der Waals surface area contributed by atoms with Crippen LogP contribution >= 0.6 is 0 Å². The van der Waals surface area contributed by atoms with Crippen LogP contribution in [0.25, 0.3) is 5.57 Å². The van der Waals surface area contributed by atoms with Crippen molar-refractivity contribution in [3.05, 3.63) is 35.8 Å². The zero-order chi connectivity index (χ0) is 16.9. The van der Waals surface area contributed by atoms with Crippen molar-refractivity contribution in [3.8, 4) is 6.07 Å². The Labute approximate surface area is 137 Å². The Bertz CT molecular complexity index is 802. The molecule has 9 nitrogen and oxygen atoms in total. The maximum absolute atomic E-state index is 11.6. The zero-order valence-corrected chi connectivity index (χ0v) is 12.7. The lowest BCUT2D eigenvalue weighted by atomic mass is 10.1. The van der Waals surface area contributed by atoms with Crippen molar-refractivity contribution < 1.29 is 9.90 Å². The summed E-state index contributed by atoms with van der Waals surface area (Å²) in [6, 6.07) is 7.07. The lowest BCUT2D eigenvalue weighted by molar-refractivity contribution is 0.0697. The summed E-state index contributed by atoms with van der Waals surface area (Å²) in [5, 5.41) is 34.6. The van der Waals surface area contributed by atoms with Crippen molar-refractivity contribution in [1.82, 2.24) is 20.6 Å². The molecule has 0 bridgehead atoms. The molecule has 1 aromatic carbocycles. The van der Waals surface area contributed by atoms with Gasteiger partial charge in [-0.25, -0.2) is 4.79 Å². The van der Waals surface area contributed by atoms with Gasteiger partial charge in [-0.1, -0.05) is 0 Å². The van der Waals surface area contributed by atoms with E-state index in [4.69, 9.17) is 5.26 Å². The van der Waals surface area contributed by atoms with Crippen LogP contribution in [0.5, 0.6) is 0 Å². The highest BCUT2D eigenvalue weighted by Gasteiger charge is 2.19. The van der Waals surface area contributed by atoms with Gasteiger partial charge in [0.05, 0.1) is 11.3 Å². The number of benzene rings is 1. The molecule has 1 fully saturated rings. The number of H-pyrrole nitrogens is 1. The number of nitrogens with zero attached hydrogens (tertiary/aromatic N) is 5. The highest BCUT2D eigenvalue weighted by atomic mass is 16.4. The van der Waals surface area contributed by atoms with E-state index in [0.717, 1.165) is 25.9 Å². The van der Waals surface area contributed by atoms with Crippen LogP contribution < -0.4 is 10.2 Å². The minimum absolute atomic E-state index is 0.164. The van der Waals surface area contributed by atoms with Crippen LogP contribution in [0.4, 0.5) is 11.4 Å². The second-order valence-electron chi connectivity index (χ2n) is 5.28. The summed E-state index contributed by atoms with van der Waals surface area (Å²) >= 11 is 0. The highest BCUT2D eigenvalue weighted by molar-refractivity contribution is 5.96. The number of nitriles is 1. The third-order valence-corrected chi connectivity index (χ3v) is 3.76. The van der Waals surface area contributed by atoms with E-state index in [1.807, 2.05) is 6.07 Å². The summed E-state index contributed by atoms with van der Waals surface area (Å²) in [7, 11) is 0. The second kappa shape index (κ2) is 6.78. The standard InChI is InChI=1S/C15H15N7O2/c16-8-10(14-18-20-21-19-14)9-17-11-3-4-13(12(7-11)15(23)24)22-5-1-2-6-22/h3-4,7,9,17H,1-2,5-6H2,(H,23,24)(H,18,19,20,21). The van der Waals surface area contributed by atoms with Gasteiger partial charge in [-0.05, 0) is 36.3 Å². The Morgan fingerprint density at radius 1 is 1.42 bits per heavy atom. The molecule has 1 saturated heterocycles. The Balaban J connectivity index is 1.85. The first-order valence-corrected chi connectivity index (χ1v) is 7.42. The van der Waals surface area contributed by atoms with Crippen molar-refractivity contribution in [2.24, 2.45) is 0 Å². The van der Waals surface area contributed by atoms with E-state index in [1.54, 1.807) is 18.2 Å². The number of rotatable bonds is 5. The SMILES string of the molecule is N#CC(=CNc1ccc(N2CCCC2)c(C(=O)O)c1)c1nn[nH]n1. The molecule has 0 unspecified atom stereocenters. The molecule has 1 aliphatic heterocycles. The molecule has 0 spiro atoms. The molecule has 0 atom stereocenters. The number of hydrogen-bond donors (Lipinski definition) is 3. The first kappa shape index (κ1) is 15.5. The minimum Gasteiger partial charge on any atom is -0.478 e. The van der Waals surface area contributed by atoms with E-state index < -0.39 is 5.97 Å². The number of aromatic carboxylic acids is 1. The van der Waals surface area contributed by atoms with E-state index in [0.29, 0.717) is 11.4 Å². The molecule has 3 N–H and O–H groups in total. The summed E-state index contributed by atoms with van der Waals surface area (Å²) in [5.41, 5.74) is 1.69. The fourth-order valence-corrected chi connectivity index (χ4v) is 2.61. The number of nitrogens with one attached hydrogen (secondary N) is 2. The molecule has 0 saturated carbocycles. The van der Waals surface area contributed by atoms with Crippen molar-refractivity contribution in [3.63, 3.8) is 0 Å². The zero-order valence-electron chi connectivity index (χ0n) is 12.7. The average Bonchev–Trinajstić information content (AvgIpc) is 3.29. The highest BCUT2D eigenvalue weighted by Crippen LogP contribution is 2.27. The number of carboxylic acid groups (broad SMARTS) is 1. The molecule has 2 aromatic rings. The van der Waals surface area contributed by atoms with Gasteiger partial charge in [-0.2, -0.15) is 10.5 Å². The summed E-state index contributed by atoms with van der Waals surface area (Å²) in [5.74, 6) is -0.819. The van der Waals surface area contributed by atoms with Crippen molar-refractivity contribution in [2.45, 2.75) is 12.8 Å². The molecular weight excluding hydrogens is 310 g/mol. The fourth-order valence-electron chi connectivity index (χ4n) is 2.61. The van der Waals surface area contributed by atoms with E-state index >= 15 is 0 Å². The maximum atomic E-state index is 11.6. The van der Waals surface area contributed by atoms with Gasteiger partial charge in [0.15, 0.2) is 0 Å². The summed E-state index contributed by atoms with van der Waals surface area (Å²) in [6.07, 6.45) is 3.55. The second-order valence-corrected chi connectivity index (χ2v) is 5.28. The van der Waals surface area contributed by atoms with Crippen molar-refractivity contribution in [2.75, 3.05) is 23.3 Å². The molecule has 3 rings (SSSR count). The van der Waals surface area contributed by atoms with Crippen LogP contribution in [0.1, 0.15) is 29.0 Å². The van der Waals surface area contributed by atoms with Crippen LogP contribution in [0.2, 0.25) is 0 Å². The smallest absolute Gasteiger partial charge is 0.337 e.